The Hall–Kier alpha value is -5.03. The molecule has 5 aromatic rings. The third-order valence-corrected chi connectivity index (χ3v) is 7.11. The Morgan fingerprint density at radius 3 is 1.92 bits per heavy atom. The lowest BCUT2D eigenvalue weighted by atomic mass is 9.77. The van der Waals surface area contributed by atoms with Gasteiger partial charge in [-0.1, -0.05) is 48.5 Å². The van der Waals surface area contributed by atoms with E-state index in [0.717, 1.165) is 45.0 Å². The summed E-state index contributed by atoms with van der Waals surface area (Å²) >= 11 is 0. The Morgan fingerprint density at radius 1 is 0.579 bits per heavy atom. The van der Waals surface area contributed by atoms with E-state index >= 15 is 0 Å². The highest BCUT2D eigenvalue weighted by Crippen LogP contribution is 2.56. The Morgan fingerprint density at radius 2 is 1.16 bits per heavy atom. The number of fused-ring (bicyclic) bond motifs is 6. The summed E-state index contributed by atoms with van der Waals surface area (Å²) in [6.07, 6.45) is 0. The minimum atomic E-state index is -1.05. The van der Waals surface area contributed by atoms with Gasteiger partial charge in [-0.25, -0.2) is 4.79 Å². The molecule has 2 heterocycles. The number of rotatable bonds is 4. The molecule has 0 fully saturated rings. The number of aryl methyl sites for hydroxylation is 1. The molecule has 1 spiro atoms. The van der Waals surface area contributed by atoms with Gasteiger partial charge >= 0.3 is 5.97 Å². The molecule has 5 aromatic carbocycles. The van der Waals surface area contributed by atoms with Gasteiger partial charge in [-0.2, -0.15) is 0 Å². The first-order valence-electron chi connectivity index (χ1n) is 12.6. The van der Waals surface area contributed by atoms with E-state index in [2.05, 4.69) is 10.6 Å². The van der Waals surface area contributed by atoms with Gasteiger partial charge in [-0.15, -0.1) is 0 Å². The number of anilines is 4. The number of benzene rings is 5. The maximum atomic E-state index is 13.0. The highest BCUT2D eigenvalue weighted by molar-refractivity contribution is 5.97. The van der Waals surface area contributed by atoms with Crippen LogP contribution in [0, 0.1) is 6.92 Å². The van der Waals surface area contributed by atoms with Crippen molar-refractivity contribution in [3.8, 4) is 11.5 Å². The number of hydrogen-bond acceptors (Lipinski definition) is 5. The summed E-state index contributed by atoms with van der Waals surface area (Å²) in [5.41, 5.74) is 6.94. The minimum Gasteiger partial charge on any atom is -0.456 e. The molecule has 0 aromatic heterocycles. The van der Waals surface area contributed by atoms with Crippen LogP contribution in [-0.2, 0) is 10.3 Å². The van der Waals surface area contributed by atoms with E-state index < -0.39 is 5.60 Å². The molecule has 2 aliphatic rings. The normalized spacial score (nSPS) is 16.6. The Kier molecular flexibility index (Phi) is 4.98. The molecule has 5 heteroatoms. The molecule has 0 radical (unpaired) electrons. The lowest BCUT2D eigenvalue weighted by Crippen LogP contribution is -2.33. The van der Waals surface area contributed by atoms with Crippen molar-refractivity contribution >= 4 is 28.7 Å². The van der Waals surface area contributed by atoms with E-state index in [9.17, 15) is 4.79 Å². The fourth-order valence-corrected chi connectivity index (χ4v) is 5.35. The van der Waals surface area contributed by atoms with E-state index in [-0.39, 0.29) is 5.97 Å². The zero-order chi connectivity index (χ0) is 25.7. The number of hydrogen-bond donors (Lipinski definition) is 2. The van der Waals surface area contributed by atoms with Crippen molar-refractivity contribution in [2.24, 2.45) is 0 Å². The largest absolute Gasteiger partial charge is 0.456 e. The van der Waals surface area contributed by atoms with Crippen molar-refractivity contribution in [1.82, 2.24) is 0 Å². The first kappa shape index (κ1) is 22.2. The van der Waals surface area contributed by atoms with Crippen molar-refractivity contribution in [3.05, 3.63) is 143 Å². The third-order valence-electron chi connectivity index (χ3n) is 7.11. The summed E-state index contributed by atoms with van der Waals surface area (Å²) < 4.78 is 12.6. The quantitative estimate of drug-likeness (QED) is 0.247. The predicted octanol–water partition coefficient (Wildman–Crippen LogP) is 8.05. The van der Waals surface area contributed by atoms with Gasteiger partial charge < -0.3 is 20.1 Å². The Balaban J connectivity index is 1.25. The number of nitrogens with one attached hydrogen (secondary N) is 2. The third kappa shape index (κ3) is 3.51. The number of ether oxygens (including phenoxy) is 2. The van der Waals surface area contributed by atoms with E-state index in [4.69, 9.17) is 9.47 Å². The van der Waals surface area contributed by atoms with Crippen LogP contribution >= 0.6 is 0 Å². The molecule has 1 unspecified atom stereocenters. The molecule has 5 nitrogen and oxygen atoms in total. The van der Waals surface area contributed by atoms with Crippen molar-refractivity contribution in [3.63, 3.8) is 0 Å². The highest BCUT2D eigenvalue weighted by Gasteiger charge is 2.53. The zero-order valence-corrected chi connectivity index (χ0v) is 20.7. The molecule has 2 aliphatic heterocycles. The fraction of sp³-hybridized carbons (Fsp3) is 0.0606. The van der Waals surface area contributed by atoms with Gasteiger partial charge in [-0.05, 0) is 73.2 Å². The first-order chi connectivity index (χ1) is 18.6. The predicted molar refractivity (Wildman–Crippen MR) is 149 cm³/mol. The standard InChI is InChI=1S/C33H24N2O3/c1-21-11-17-28-30(19-21)37-31-20-25(35-24-14-12-23(13-15-24)34-22-7-3-2-4-8-22)16-18-29(31)33(28)27-10-6-5-9-26(27)32(36)38-33/h2-20,34-35H,1H3. The van der Waals surface area contributed by atoms with Crippen molar-refractivity contribution < 1.29 is 14.3 Å². The van der Waals surface area contributed by atoms with Crippen LogP contribution in [-0.4, -0.2) is 5.97 Å². The zero-order valence-electron chi connectivity index (χ0n) is 20.7. The molecule has 0 saturated heterocycles. The van der Waals surface area contributed by atoms with E-state index in [0.29, 0.717) is 17.1 Å². The molecule has 184 valence electrons. The van der Waals surface area contributed by atoms with Gasteiger partial charge in [0.15, 0.2) is 5.60 Å². The molecular formula is C33H24N2O3. The second-order valence-corrected chi connectivity index (χ2v) is 9.62. The number of para-hydroxylation sites is 1. The van der Waals surface area contributed by atoms with Crippen LogP contribution in [0.15, 0.2) is 115 Å². The highest BCUT2D eigenvalue weighted by atomic mass is 16.6. The summed E-state index contributed by atoms with van der Waals surface area (Å²) in [4.78, 5) is 13.0. The van der Waals surface area contributed by atoms with E-state index in [1.54, 1.807) is 0 Å². The summed E-state index contributed by atoms with van der Waals surface area (Å²) in [5, 5.41) is 6.87. The van der Waals surface area contributed by atoms with Gasteiger partial charge in [-0.3, -0.25) is 0 Å². The maximum absolute atomic E-state index is 13.0. The molecule has 38 heavy (non-hydrogen) atoms. The molecule has 0 amide bonds. The molecule has 0 aliphatic carbocycles. The van der Waals surface area contributed by atoms with Crippen LogP contribution in [0.1, 0.15) is 32.6 Å². The van der Waals surface area contributed by atoms with E-state index in [1.807, 2.05) is 122 Å². The maximum Gasteiger partial charge on any atom is 0.340 e. The summed E-state index contributed by atoms with van der Waals surface area (Å²) in [6.45, 7) is 2.02. The second-order valence-electron chi connectivity index (χ2n) is 9.62. The average Bonchev–Trinajstić information content (AvgIpc) is 3.23. The number of carbonyl (C=O) groups is 1. The van der Waals surface area contributed by atoms with Crippen LogP contribution in [0.5, 0.6) is 11.5 Å². The van der Waals surface area contributed by atoms with Gasteiger partial charge in [0.2, 0.25) is 0 Å². The minimum absolute atomic E-state index is 0.327. The van der Waals surface area contributed by atoms with Crippen LogP contribution in [0.2, 0.25) is 0 Å². The Labute approximate surface area is 220 Å². The summed E-state index contributed by atoms with van der Waals surface area (Å²) in [7, 11) is 0. The summed E-state index contributed by atoms with van der Waals surface area (Å²) in [6, 6.07) is 37.8. The lowest BCUT2D eigenvalue weighted by Gasteiger charge is -2.36. The first-order valence-corrected chi connectivity index (χ1v) is 12.6. The lowest BCUT2D eigenvalue weighted by molar-refractivity contribution is 0.0224. The van der Waals surface area contributed by atoms with Gasteiger partial charge in [0.25, 0.3) is 0 Å². The van der Waals surface area contributed by atoms with Crippen LogP contribution in [0.25, 0.3) is 0 Å². The van der Waals surface area contributed by atoms with E-state index in [1.165, 1.54) is 0 Å². The van der Waals surface area contributed by atoms with Gasteiger partial charge in [0, 0.05) is 45.5 Å². The summed E-state index contributed by atoms with van der Waals surface area (Å²) in [5.74, 6) is 1.02. The average molecular weight is 497 g/mol. The number of carbonyl (C=O) groups excluding carboxylic acids is 1. The molecular weight excluding hydrogens is 472 g/mol. The van der Waals surface area contributed by atoms with Crippen LogP contribution in [0.3, 0.4) is 0 Å². The number of esters is 1. The molecule has 2 N–H and O–H groups in total. The molecule has 7 rings (SSSR count). The monoisotopic (exact) mass is 496 g/mol. The Bertz CT molecular complexity index is 1700. The van der Waals surface area contributed by atoms with Crippen molar-refractivity contribution in [1.29, 1.82) is 0 Å². The van der Waals surface area contributed by atoms with Crippen molar-refractivity contribution in [2.45, 2.75) is 12.5 Å². The molecule has 0 bridgehead atoms. The topological polar surface area (TPSA) is 59.6 Å². The van der Waals surface area contributed by atoms with Crippen LogP contribution in [0.4, 0.5) is 22.7 Å². The smallest absolute Gasteiger partial charge is 0.340 e. The second kappa shape index (κ2) is 8.53. The van der Waals surface area contributed by atoms with Gasteiger partial charge in [0.1, 0.15) is 11.5 Å². The van der Waals surface area contributed by atoms with Crippen molar-refractivity contribution in [2.75, 3.05) is 10.6 Å². The van der Waals surface area contributed by atoms with Gasteiger partial charge in [0.05, 0.1) is 5.56 Å². The SMILES string of the molecule is Cc1ccc2c(c1)Oc1cc(Nc3ccc(Nc4ccccc4)cc3)ccc1C21OC(=O)c2ccccc21. The van der Waals surface area contributed by atoms with Crippen LogP contribution < -0.4 is 15.4 Å². The molecule has 1 atom stereocenters. The fourth-order valence-electron chi connectivity index (χ4n) is 5.35. The molecule has 0 saturated carbocycles.